The highest BCUT2D eigenvalue weighted by Crippen LogP contribution is 2.29. The van der Waals surface area contributed by atoms with E-state index in [0.29, 0.717) is 19.4 Å². The number of nitrogens with zero attached hydrogens (tertiary/aromatic N) is 1. The molecule has 2 amide bonds. The normalized spacial score (nSPS) is 19.6. The summed E-state index contributed by atoms with van der Waals surface area (Å²) in [5, 5.41) is 0.211. The highest BCUT2D eigenvalue weighted by Gasteiger charge is 2.30. The number of hydrogen-bond acceptors (Lipinski definition) is 3. The first kappa shape index (κ1) is 16.5. The Hall–Kier alpha value is -1.82. The zero-order valence-corrected chi connectivity index (χ0v) is 13.0. The fraction of sp³-hybridized carbons (Fsp3) is 0.467. The van der Waals surface area contributed by atoms with Gasteiger partial charge in [0.05, 0.1) is 10.9 Å². The molecule has 1 saturated heterocycles. The van der Waals surface area contributed by atoms with Crippen molar-refractivity contribution in [3.63, 3.8) is 0 Å². The molecule has 1 aromatic rings. The second-order valence-corrected chi connectivity index (χ2v) is 5.75. The van der Waals surface area contributed by atoms with Gasteiger partial charge in [-0.3, -0.25) is 4.79 Å². The molecule has 1 fully saturated rings. The molecule has 0 bridgehead atoms. The van der Waals surface area contributed by atoms with E-state index in [1.165, 1.54) is 17.0 Å². The fourth-order valence-electron chi connectivity index (χ4n) is 2.60. The molecule has 1 aliphatic heterocycles. The molecule has 0 aromatic heterocycles. The first-order chi connectivity index (χ1) is 10.4. The number of halogens is 2. The minimum absolute atomic E-state index is 0.153. The summed E-state index contributed by atoms with van der Waals surface area (Å²) in [6.07, 6.45) is 0.489. The van der Waals surface area contributed by atoms with E-state index in [1.54, 1.807) is 13.0 Å². The molecule has 0 spiro atoms. The van der Waals surface area contributed by atoms with Crippen molar-refractivity contribution in [3.05, 3.63) is 34.6 Å². The van der Waals surface area contributed by atoms with Gasteiger partial charge >= 0.3 is 12.0 Å². The minimum Gasteiger partial charge on any atom is -0.457 e. The molecule has 120 valence electrons. The number of amides is 2. The van der Waals surface area contributed by atoms with Crippen LogP contribution in [-0.4, -0.2) is 30.0 Å². The van der Waals surface area contributed by atoms with Crippen molar-refractivity contribution in [3.8, 4) is 0 Å². The second kappa shape index (κ2) is 6.96. The van der Waals surface area contributed by atoms with Crippen LogP contribution in [0.1, 0.15) is 31.4 Å². The minimum atomic E-state index is -0.801. The molecule has 7 heteroatoms. The van der Waals surface area contributed by atoms with Crippen molar-refractivity contribution < 1.29 is 18.7 Å². The molecule has 0 saturated carbocycles. The van der Waals surface area contributed by atoms with Gasteiger partial charge in [0.25, 0.3) is 0 Å². The number of likely N-dealkylation sites (tertiary alicyclic amines) is 1. The average Bonchev–Trinajstić information content (AvgIpc) is 2.47. The first-order valence-corrected chi connectivity index (χ1v) is 7.46. The van der Waals surface area contributed by atoms with E-state index < -0.39 is 29.8 Å². The third-order valence-corrected chi connectivity index (χ3v) is 4.10. The van der Waals surface area contributed by atoms with Crippen LogP contribution in [-0.2, 0) is 9.53 Å². The molecule has 1 heterocycles. The molecular weight excluding hydrogens is 311 g/mol. The summed E-state index contributed by atoms with van der Waals surface area (Å²) in [7, 11) is 0. The Morgan fingerprint density at radius 3 is 2.86 bits per heavy atom. The van der Waals surface area contributed by atoms with E-state index in [0.717, 1.165) is 0 Å². The van der Waals surface area contributed by atoms with Crippen LogP contribution in [0.25, 0.3) is 0 Å². The van der Waals surface area contributed by atoms with Crippen molar-refractivity contribution in [2.75, 3.05) is 13.1 Å². The summed E-state index contributed by atoms with van der Waals surface area (Å²) in [5.74, 6) is -1.44. The monoisotopic (exact) mass is 328 g/mol. The molecule has 2 atom stereocenters. The van der Waals surface area contributed by atoms with E-state index >= 15 is 0 Å². The van der Waals surface area contributed by atoms with Gasteiger partial charge in [-0.05, 0) is 31.9 Å². The van der Waals surface area contributed by atoms with Crippen LogP contribution in [0.15, 0.2) is 18.2 Å². The third-order valence-electron chi connectivity index (χ3n) is 3.77. The Morgan fingerprint density at radius 2 is 2.23 bits per heavy atom. The van der Waals surface area contributed by atoms with Crippen LogP contribution in [0.2, 0.25) is 5.02 Å². The molecule has 1 aromatic carbocycles. The number of hydrogen-bond donors (Lipinski definition) is 1. The van der Waals surface area contributed by atoms with Crippen molar-refractivity contribution in [2.24, 2.45) is 11.7 Å². The van der Waals surface area contributed by atoms with Gasteiger partial charge in [0.2, 0.25) is 0 Å². The first-order valence-electron chi connectivity index (χ1n) is 7.09. The number of benzene rings is 1. The lowest BCUT2D eigenvalue weighted by Crippen LogP contribution is -2.45. The lowest BCUT2D eigenvalue weighted by molar-refractivity contribution is -0.155. The zero-order valence-electron chi connectivity index (χ0n) is 12.2. The molecular formula is C15H18ClFN2O3. The topological polar surface area (TPSA) is 72.6 Å². The molecule has 1 aliphatic rings. The maximum atomic E-state index is 13.8. The van der Waals surface area contributed by atoms with E-state index in [-0.39, 0.29) is 17.1 Å². The molecule has 5 nitrogen and oxygen atoms in total. The number of carbonyl (C=O) groups is 2. The summed E-state index contributed by atoms with van der Waals surface area (Å²) >= 11 is 5.96. The van der Waals surface area contributed by atoms with Gasteiger partial charge in [0.15, 0.2) is 0 Å². The molecule has 22 heavy (non-hydrogen) atoms. The quantitative estimate of drug-likeness (QED) is 0.867. The lowest BCUT2D eigenvalue weighted by atomic mass is 9.98. The van der Waals surface area contributed by atoms with Crippen LogP contribution < -0.4 is 5.73 Å². The predicted octanol–water partition coefficient (Wildman–Crippen LogP) is 2.87. The number of nitrogens with two attached hydrogens (primary N) is 1. The maximum Gasteiger partial charge on any atom is 0.314 e. The summed E-state index contributed by atoms with van der Waals surface area (Å²) in [6, 6.07) is 3.74. The number of piperidine rings is 1. The van der Waals surface area contributed by atoms with Crippen molar-refractivity contribution >= 4 is 23.6 Å². The number of esters is 1. The number of urea groups is 1. The van der Waals surface area contributed by atoms with Crippen LogP contribution in [0.5, 0.6) is 0 Å². The van der Waals surface area contributed by atoms with Gasteiger partial charge in [-0.1, -0.05) is 17.7 Å². The Labute approximate surface area is 133 Å². The summed E-state index contributed by atoms with van der Waals surface area (Å²) in [6.45, 7) is 2.33. The fourth-order valence-corrected chi connectivity index (χ4v) is 2.91. The van der Waals surface area contributed by atoms with E-state index in [4.69, 9.17) is 22.1 Å². The highest BCUT2D eigenvalue weighted by atomic mass is 35.5. The molecule has 2 rings (SSSR count). The average molecular weight is 329 g/mol. The van der Waals surface area contributed by atoms with Crippen molar-refractivity contribution in [1.82, 2.24) is 4.90 Å². The largest absolute Gasteiger partial charge is 0.457 e. The Bertz CT molecular complexity index is 562. The van der Waals surface area contributed by atoms with E-state index in [9.17, 15) is 14.0 Å². The second-order valence-electron chi connectivity index (χ2n) is 5.34. The van der Waals surface area contributed by atoms with Crippen LogP contribution in [0, 0.1) is 11.7 Å². The van der Waals surface area contributed by atoms with Crippen molar-refractivity contribution in [2.45, 2.75) is 25.9 Å². The summed E-state index contributed by atoms with van der Waals surface area (Å²) in [4.78, 5) is 24.8. The maximum absolute atomic E-state index is 13.8. The van der Waals surface area contributed by atoms with Gasteiger partial charge in [-0.15, -0.1) is 0 Å². The Balaban J connectivity index is 2.03. The van der Waals surface area contributed by atoms with Gasteiger partial charge in [-0.25, -0.2) is 9.18 Å². The van der Waals surface area contributed by atoms with E-state index in [1.807, 2.05) is 0 Å². The van der Waals surface area contributed by atoms with E-state index in [2.05, 4.69) is 0 Å². The van der Waals surface area contributed by atoms with Gasteiger partial charge in [0.1, 0.15) is 11.9 Å². The van der Waals surface area contributed by atoms with Gasteiger partial charge < -0.3 is 15.4 Å². The number of rotatable bonds is 3. The Kier molecular flexibility index (Phi) is 5.24. The summed E-state index contributed by atoms with van der Waals surface area (Å²) in [5.41, 5.74) is 5.38. The number of primary amides is 1. The molecule has 0 aliphatic carbocycles. The smallest absolute Gasteiger partial charge is 0.314 e. The Morgan fingerprint density at radius 1 is 1.50 bits per heavy atom. The predicted molar refractivity (Wildman–Crippen MR) is 79.8 cm³/mol. The third kappa shape index (κ3) is 3.68. The van der Waals surface area contributed by atoms with Crippen molar-refractivity contribution in [1.29, 1.82) is 0 Å². The highest BCUT2D eigenvalue weighted by molar-refractivity contribution is 6.31. The molecule has 0 unspecified atom stereocenters. The summed E-state index contributed by atoms with van der Waals surface area (Å²) < 4.78 is 19.1. The molecule has 0 radical (unpaired) electrons. The van der Waals surface area contributed by atoms with Crippen LogP contribution in [0.3, 0.4) is 0 Å². The van der Waals surface area contributed by atoms with Crippen LogP contribution in [0.4, 0.5) is 9.18 Å². The van der Waals surface area contributed by atoms with Gasteiger partial charge in [-0.2, -0.15) is 0 Å². The number of ether oxygens (including phenoxy) is 1. The zero-order chi connectivity index (χ0) is 16.3. The SMILES string of the molecule is C[C@@H](OC(=O)[C@@H]1CCCN(C(N)=O)C1)c1c(F)cccc1Cl. The van der Waals surface area contributed by atoms with Gasteiger partial charge in [0, 0.05) is 18.7 Å². The lowest BCUT2D eigenvalue weighted by Gasteiger charge is -2.30. The molecule has 2 N–H and O–H groups in total. The number of carbonyl (C=O) groups excluding carboxylic acids is 2. The van der Waals surface area contributed by atoms with Crippen LogP contribution >= 0.6 is 11.6 Å². The standard InChI is InChI=1S/C15H18ClFN2O3/c1-9(13-11(16)5-2-6-12(13)17)22-14(20)10-4-3-7-19(8-10)15(18)21/h2,5-6,9-10H,3-4,7-8H2,1H3,(H2,18,21)/t9-,10-/m1/s1.